The maximum Gasteiger partial charge on any atom is 0.214 e. The average Bonchev–Trinajstić information content (AvgIpc) is 3.70. The monoisotopic (exact) mass is 480 g/mol. The van der Waals surface area contributed by atoms with Gasteiger partial charge in [-0.15, -0.1) is 0 Å². The Balaban J connectivity index is 1.23. The summed E-state index contributed by atoms with van der Waals surface area (Å²) in [5.41, 5.74) is 3.90. The smallest absolute Gasteiger partial charge is 0.214 e. The number of sulfonamides is 1. The van der Waals surface area contributed by atoms with E-state index < -0.39 is 10.0 Å². The predicted molar refractivity (Wildman–Crippen MR) is 133 cm³/mol. The van der Waals surface area contributed by atoms with Crippen LogP contribution in [0.15, 0.2) is 54.6 Å². The molecule has 0 bridgehead atoms. The summed E-state index contributed by atoms with van der Waals surface area (Å²) < 4.78 is 39.9. The van der Waals surface area contributed by atoms with Gasteiger partial charge in [0.1, 0.15) is 12.4 Å². The second-order valence-corrected chi connectivity index (χ2v) is 11.4. The summed E-state index contributed by atoms with van der Waals surface area (Å²) in [5.74, 6) is 0.853. The molecular formula is C27H32N2O4S. The van der Waals surface area contributed by atoms with Crippen molar-refractivity contribution < 1.29 is 17.9 Å². The molecule has 0 spiro atoms. The van der Waals surface area contributed by atoms with Crippen LogP contribution in [0, 0.1) is 6.92 Å². The first-order valence-electron chi connectivity index (χ1n) is 12.2. The minimum Gasteiger partial charge on any atom is -0.488 e. The van der Waals surface area contributed by atoms with Crippen molar-refractivity contribution in [2.45, 2.75) is 76.1 Å². The molecule has 3 aromatic rings. The summed E-state index contributed by atoms with van der Waals surface area (Å²) in [4.78, 5) is 4.87. The summed E-state index contributed by atoms with van der Waals surface area (Å²) in [6.45, 7) is 2.96. The third-order valence-corrected chi connectivity index (χ3v) is 8.84. The SMILES string of the molecule is Cc1c(COC2CCC(NS(=O)(=O)C3CC3)CC2)nc2ccccc2c1OCc1ccccc1. The second-order valence-electron chi connectivity index (χ2n) is 9.45. The molecule has 0 unspecified atom stereocenters. The van der Waals surface area contributed by atoms with E-state index in [1.165, 1.54) is 0 Å². The van der Waals surface area contributed by atoms with Gasteiger partial charge in [-0.3, -0.25) is 0 Å². The first kappa shape index (κ1) is 23.3. The molecule has 2 aromatic carbocycles. The van der Waals surface area contributed by atoms with Gasteiger partial charge in [-0.05, 0) is 63.1 Å². The molecule has 7 heteroatoms. The fourth-order valence-electron chi connectivity index (χ4n) is 4.63. The van der Waals surface area contributed by atoms with Crippen LogP contribution in [0.1, 0.15) is 55.3 Å². The molecule has 1 N–H and O–H groups in total. The van der Waals surface area contributed by atoms with E-state index in [1.807, 2.05) is 49.4 Å². The molecule has 5 rings (SSSR count). The van der Waals surface area contributed by atoms with E-state index in [-0.39, 0.29) is 17.4 Å². The number of hydrogen-bond donors (Lipinski definition) is 1. The van der Waals surface area contributed by atoms with Gasteiger partial charge >= 0.3 is 0 Å². The van der Waals surface area contributed by atoms with E-state index in [9.17, 15) is 8.42 Å². The lowest BCUT2D eigenvalue weighted by Crippen LogP contribution is -2.40. The van der Waals surface area contributed by atoms with Crippen molar-refractivity contribution in [3.05, 3.63) is 71.4 Å². The van der Waals surface area contributed by atoms with Crippen LogP contribution in [-0.2, 0) is 28.0 Å². The Labute approximate surface area is 201 Å². The number of nitrogens with zero attached hydrogens (tertiary/aromatic N) is 1. The molecule has 0 saturated heterocycles. The zero-order valence-corrected chi connectivity index (χ0v) is 20.4. The minimum atomic E-state index is -3.13. The molecule has 1 aromatic heterocycles. The normalized spacial score (nSPS) is 21.0. The van der Waals surface area contributed by atoms with Crippen LogP contribution < -0.4 is 9.46 Å². The lowest BCUT2D eigenvalue weighted by molar-refractivity contribution is 0.0110. The molecule has 2 fully saturated rings. The maximum absolute atomic E-state index is 12.2. The van der Waals surface area contributed by atoms with Crippen LogP contribution in [0.2, 0.25) is 0 Å². The van der Waals surface area contributed by atoms with Crippen molar-refractivity contribution >= 4 is 20.9 Å². The van der Waals surface area contributed by atoms with Gasteiger partial charge in [-0.2, -0.15) is 0 Å². The van der Waals surface area contributed by atoms with Gasteiger partial charge in [0.2, 0.25) is 10.0 Å². The summed E-state index contributed by atoms with van der Waals surface area (Å²) in [6, 6.07) is 18.2. The van der Waals surface area contributed by atoms with Gasteiger partial charge in [0.15, 0.2) is 0 Å². The van der Waals surface area contributed by atoms with E-state index in [1.54, 1.807) is 0 Å². The zero-order chi connectivity index (χ0) is 23.5. The van der Waals surface area contributed by atoms with E-state index >= 15 is 0 Å². The molecular weight excluding hydrogens is 448 g/mol. The standard InChI is InChI=1S/C27H32N2O4S/c1-19-26(18-32-22-13-11-21(12-14-22)29-34(30,31)23-15-16-23)28-25-10-6-5-9-24(25)27(19)33-17-20-7-3-2-4-8-20/h2-10,21-23,29H,11-18H2,1H3. The third kappa shape index (κ3) is 5.43. The first-order chi connectivity index (χ1) is 16.5. The van der Waals surface area contributed by atoms with E-state index in [4.69, 9.17) is 14.5 Å². The van der Waals surface area contributed by atoms with Crippen molar-refractivity contribution in [2.24, 2.45) is 0 Å². The molecule has 6 nitrogen and oxygen atoms in total. The number of aromatic nitrogens is 1. The van der Waals surface area contributed by atoms with Crippen molar-refractivity contribution in [3.63, 3.8) is 0 Å². The van der Waals surface area contributed by atoms with Crippen LogP contribution in [0.4, 0.5) is 0 Å². The Morgan fingerprint density at radius 3 is 2.35 bits per heavy atom. The number of pyridine rings is 1. The Kier molecular flexibility index (Phi) is 6.86. The predicted octanol–water partition coefficient (Wildman–Crippen LogP) is 5.03. The van der Waals surface area contributed by atoms with Gasteiger partial charge in [-0.1, -0.05) is 42.5 Å². The summed E-state index contributed by atoms with van der Waals surface area (Å²) in [7, 11) is -3.13. The summed E-state index contributed by atoms with van der Waals surface area (Å²) >= 11 is 0. The second kappa shape index (κ2) is 10.0. The first-order valence-corrected chi connectivity index (χ1v) is 13.7. The summed E-state index contributed by atoms with van der Waals surface area (Å²) in [5, 5.41) is 0.838. The van der Waals surface area contributed by atoms with Crippen molar-refractivity contribution in [2.75, 3.05) is 0 Å². The van der Waals surface area contributed by atoms with E-state index in [0.717, 1.165) is 72.0 Å². The molecule has 2 aliphatic rings. The van der Waals surface area contributed by atoms with Gasteiger partial charge in [0, 0.05) is 17.0 Å². The van der Waals surface area contributed by atoms with Crippen LogP contribution in [0.3, 0.4) is 0 Å². The Bertz CT molecular complexity index is 1230. The topological polar surface area (TPSA) is 77.5 Å². The highest BCUT2D eigenvalue weighted by Gasteiger charge is 2.37. The van der Waals surface area contributed by atoms with E-state index in [0.29, 0.717) is 13.2 Å². The number of benzene rings is 2. The summed E-state index contributed by atoms with van der Waals surface area (Å²) in [6.07, 6.45) is 5.02. The minimum absolute atomic E-state index is 0.0315. The van der Waals surface area contributed by atoms with Gasteiger partial charge in [0.05, 0.1) is 29.2 Å². The highest BCUT2D eigenvalue weighted by molar-refractivity contribution is 7.90. The molecule has 2 saturated carbocycles. The molecule has 34 heavy (non-hydrogen) atoms. The van der Waals surface area contributed by atoms with Gasteiger partial charge in [-0.25, -0.2) is 18.1 Å². The Hall–Kier alpha value is -2.48. The van der Waals surface area contributed by atoms with Crippen LogP contribution in [0.25, 0.3) is 10.9 Å². The van der Waals surface area contributed by atoms with Gasteiger partial charge < -0.3 is 9.47 Å². The number of fused-ring (bicyclic) bond motifs is 1. The highest BCUT2D eigenvalue weighted by Crippen LogP contribution is 2.33. The lowest BCUT2D eigenvalue weighted by Gasteiger charge is -2.29. The average molecular weight is 481 g/mol. The zero-order valence-electron chi connectivity index (χ0n) is 19.6. The van der Waals surface area contributed by atoms with Crippen LogP contribution >= 0.6 is 0 Å². The fourth-order valence-corrected chi connectivity index (χ4v) is 6.28. The number of hydrogen-bond acceptors (Lipinski definition) is 5. The van der Waals surface area contributed by atoms with Crippen LogP contribution in [0.5, 0.6) is 5.75 Å². The molecule has 0 amide bonds. The maximum atomic E-state index is 12.2. The molecule has 180 valence electrons. The molecule has 0 atom stereocenters. The Morgan fingerprint density at radius 1 is 0.912 bits per heavy atom. The number of nitrogens with one attached hydrogen (secondary N) is 1. The fraction of sp³-hybridized carbons (Fsp3) is 0.444. The highest BCUT2D eigenvalue weighted by atomic mass is 32.2. The van der Waals surface area contributed by atoms with Crippen molar-refractivity contribution in [1.82, 2.24) is 9.71 Å². The lowest BCUT2D eigenvalue weighted by atomic mass is 9.94. The Morgan fingerprint density at radius 2 is 1.62 bits per heavy atom. The number of rotatable bonds is 9. The molecule has 1 heterocycles. The third-order valence-electron chi connectivity index (χ3n) is 6.83. The van der Waals surface area contributed by atoms with Crippen molar-refractivity contribution in [3.8, 4) is 5.75 Å². The number of para-hydroxylation sites is 1. The molecule has 0 aliphatic heterocycles. The van der Waals surface area contributed by atoms with Crippen LogP contribution in [-0.4, -0.2) is 30.8 Å². The number of ether oxygens (including phenoxy) is 2. The van der Waals surface area contributed by atoms with Gasteiger partial charge in [0.25, 0.3) is 0 Å². The molecule has 0 radical (unpaired) electrons. The largest absolute Gasteiger partial charge is 0.488 e. The van der Waals surface area contributed by atoms with Crippen molar-refractivity contribution in [1.29, 1.82) is 0 Å². The molecule has 2 aliphatic carbocycles. The van der Waals surface area contributed by atoms with E-state index in [2.05, 4.69) is 16.9 Å². The quantitative estimate of drug-likeness (QED) is 0.465.